The van der Waals surface area contributed by atoms with Gasteiger partial charge in [0, 0.05) is 0 Å². The Balaban J connectivity index is 1.77. The first-order valence-electron chi connectivity index (χ1n) is 12.3. The number of rotatable bonds is 9. The number of hydrogen-bond donors (Lipinski definition) is 0. The highest BCUT2D eigenvalue weighted by molar-refractivity contribution is 5.17. The molecule has 0 saturated heterocycles. The Morgan fingerprint density at radius 1 is 0.857 bits per heavy atom. The second kappa shape index (κ2) is 8.88. The molecule has 0 bridgehead atoms. The zero-order valence-electron chi connectivity index (χ0n) is 19.6. The number of fused-ring (bicyclic) bond motifs is 2. The normalized spacial score (nSPS) is 25.0. The Kier molecular flexibility index (Phi) is 6.92. The number of aromatic nitrogens is 3. The molecule has 1 aromatic heterocycles. The summed E-state index contributed by atoms with van der Waals surface area (Å²) in [4.78, 5) is 0. The van der Waals surface area contributed by atoms with Crippen molar-refractivity contribution in [3.63, 3.8) is 0 Å². The van der Waals surface area contributed by atoms with Crippen LogP contribution in [0.3, 0.4) is 0 Å². The molecule has 0 amide bonds. The van der Waals surface area contributed by atoms with Gasteiger partial charge in [-0.15, -0.1) is 5.10 Å². The highest BCUT2D eigenvalue weighted by Gasteiger charge is 2.55. The van der Waals surface area contributed by atoms with Crippen LogP contribution < -0.4 is 0 Å². The fourth-order valence-corrected chi connectivity index (χ4v) is 6.18. The molecule has 2 aliphatic carbocycles. The fraction of sp³-hybridized carbons (Fsp3) is 0.920. The number of unbranched alkanes of at least 4 members (excludes halogenated alkanes) is 4. The Morgan fingerprint density at radius 3 is 1.96 bits per heavy atom. The van der Waals surface area contributed by atoms with Gasteiger partial charge in [0.2, 0.25) is 0 Å². The van der Waals surface area contributed by atoms with Crippen LogP contribution in [0.2, 0.25) is 0 Å². The monoisotopic (exact) mass is 387 g/mol. The lowest BCUT2D eigenvalue weighted by Gasteiger charge is -2.32. The second-order valence-corrected chi connectivity index (χ2v) is 11.1. The summed E-state index contributed by atoms with van der Waals surface area (Å²) >= 11 is 0. The molecule has 2 aliphatic rings. The maximum Gasteiger partial charge on any atom is 0.0859 e. The van der Waals surface area contributed by atoms with Gasteiger partial charge in [-0.2, -0.15) is 0 Å². The summed E-state index contributed by atoms with van der Waals surface area (Å²) in [6.45, 7) is 14.4. The van der Waals surface area contributed by atoms with E-state index in [0.717, 1.165) is 24.2 Å². The molecule has 160 valence electrons. The summed E-state index contributed by atoms with van der Waals surface area (Å²) in [6.07, 6.45) is 15.3. The van der Waals surface area contributed by atoms with Gasteiger partial charge in [-0.3, -0.25) is 0 Å². The van der Waals surface area contributed by atoms with Crippen molar-refractivity contribution in [2.45, 2.75) is 124 Å². The van der Waals surface area contributed by atoms with Crippen LogP contribution in [-0.2, 0) is 18.4 Å². The molecule has 0 radical (unpaired) electrons. The predicted molar refractivity (Wildman–Crippen MR) is 119 cm³/mol. The van der Waals surface area contributed by atoms with Gasteiger partial charge in [-0.1, -0.05) is 78.4 Å². The first-order valence-corrected chi connectivity index (χ1v) is 12.3. The van der Waals surface area contributed by atoms with Crippen LogP contribution in [-0.4, -0.2) is 15.0 Å². The first kappa shape index (κ1) is 21.8. The van der Waals surface area contributed by atoms with Gasteiger partial charge in [0.1, 0.15) is 0 Å². The molecular formula is C25H45N3. The van der Waals surface area contributed by atoms with E-state index in [-0.39, 0.29) is 5.54 Å². The summed E-state index contributed by atoms with van der Waals surface area (Å²) in [5, 5.41) is 9.52. The van der Waals surface area contributed by atoms with Crippen molar-refractivity contribution in [1.29, 1.82) is 0 Å². The zero-order valence-corrected chi connectivity index (χ0v) is 19.6. The van der Waals surface area contributed by atoms with E-state index in [9.17, 15) is 0 Å². The molecule has 0 aliphatic heterocycles. The molecule has 0 aromatic carbocycles. The van der Waals surface area contributed by atoms with Gasteiger partial charge in [-0.05, 0) is 68.6 Å². The topological polar surface area (TPSA) is 30.7 Å². The average molecular weight is 388 g/mol. The van der Waals surface area contributed by atoms with Crippen LogP contribution in [0.5, 0.6) is 0 Å². The minimum atomic E-state index is 0.149. The molecule has 1 saturated carbocycles. The molecular weight excluding hydrogens is 342 g/mol. The third-order valence-electron chi connectivity index (χ3n) is 7.75. The lowest BCUT2D eigenvalue weighted by Crippen LogP contribution is -2.33. The Hall–Kier alpha value is -0.860. The van der Waals surface area contributed by atoms with E-state index in [2.05, 4.69) is 46.2 Å². The van der Waals surface area contributed by atoms with Crippen molar-refractivity contribution in [2.24, 2.45) is 23.2 Å². The third-order valence-corrected chi connectivity index (χ3v) is 7.75. The molecule has 28 heavy (non-hydrogen) atoms. The van der Waals surface area contributed by atoms with E-state index >= 15 is 0 Å². The van der Waals surface area contributed by atoms with Crippen LogP contribution >= 0.6 is 0 Å². The number of aryl methyl sites for hydroxylation is 1. The maximum atomic E-state index is 4.79. The summed E-state index contributed by atoms with van der Waals surface area (Å²) in [7, 11) is 0. The molecule has 1 heterocycles. The molecule has 0 spiro atoms. The lowest BCUT2D eigenvalue weighted by molar-refractivity contribution is 0.216. The summed E-state index contributed by atoms with van der Waals surface area (Å²) < 4.78 is 2.41. The Labute approximate surface area is 174 Å². The predicted octanol–water partition coefficient (Wildman–Crippen LogP) is 6.94. The first-order chi connectivity index (χ1) is 13.3. The van der Waals surface area contributed by atoms with Gasteiger partial charge < -0.3 is 0 Å². The Bertz CT molecular complexity index is 614. The van der Waals surface area contributed by atoms with E-state index < -0.39 is 0 Å². The summed E-state index contributed by atoms with van der Waals surface area (Å²) in [5.41, 5.74) is 3.40. The zero-order chi connectivity index (χ0) is 20.4. The second-order valence-electron chi connectivity index (χ2n) is 11.1. The largest absolute Gasteiger partial charge is 0.243 e. The van der Waals surface area contributed by atoms with E-state index in [4.69, 9.17) is 10.3 Å². The van der Waals surface area contributed by atoms with E-state index in [0.29, 0.717) is 5.41 Å². The van der Waals surface area contributed by atoms with Crippen LogP contribution in [0.25, 0.3) is 0 Å². The fourth-order valence-electron chi connectivity index (χ4n) is 6.18. The van der Waals surface area contributed by atoms with Crippen LogP contribution in [0.4, 0.5) is 0 Å². The van der Waals surface area contributed by atoms with E-state index in [1.54, 1.807) is 0 Å². The van der Waals surface area contributed by atoms with Crippen molar-refractivity contribution in [3.8, 4) is 0 Å². The number of nitrogens with zero attached hydrogens (tertiary/aromatic N) is 3. The van der Waals surface area contributed by atoms with Gasteiger partial charge in [0.25, 0.3) is 0 Å². The van der Waals surface area contributed by atoms with Gasteiger partial charge in [0.15, 0.2) is 0 Å². The third kappa shape index (κ3) is 4.65. The molecule has 3 atom stereocenters. The average Bonchev–Trinajstić information content (AvgIpc) is 3.17. The lowest BCUT2D eigenvalue weighted by atomic mass is 9.87. The minimum Gasteiger partial charge on any atom is -0.243 e. The molecule has 0 N–H and O–H groups in total. The molecule has 1 aromatic rings. The van der Waals surface area contributed by atoms with E-state index in [1.165, 1.54) is 82.0 Å². The minimum absolute atomic E-state index is 0.149. The summed E-state index contributed by atoms with van der Waals surface area (Å²) in [6, 6.07) is 0. The highest BCUT2D eigenvalue weighted by atomic mass is 15.5. The molecule has 1 unspecified atom stereocenters. The van der Waals surface area contributed by atoms with Gasteiger partial charge in [0.05, 0.1) is 16.9 Å². The van der Waals surface area contributed by atoms with Crippen LogP contribution in [0.15, 0.2) is 0 Å². The van der Waals surface area contributed by atoms with Crippen molar-refractivity contribution < 1.29 is 0 Å². The van der Waals surface area contributed by atoms with E-state index in [1.807, 2.05) is 0 Å². The van der Waals surface area contributed by atoms with Crippen molar-refractivity contribution in [3.05, 3.63) is 11.4 Å². The Morgan fingerprint density at radius 2 is 1.43 bits per heavy atom. The SMILES string of the molecule is CCCCCC(C)(CCCCC)n1nnc2c1CC[C@@H]1C(C(C)(C)C)[C@@H]1CC2. The molecule has 1 fully saturated rings. The standard InChI is InChI=1S/C25H45N3/c1-7-9-11-17-25(6,18-12-10-8-2)28-22-16-14-20-19(23(20)24(3,4)5)13-15-21(22)26-27-28/h19-20,23H,7-18H2,1-6H3/t19-,20+,23?/m1/s1. The molecule has 3 heteroatoms. The van der Waals surface area contributed by atoms with Gasteiger partial charge in [-0.25, -0.2) is 4.68 Å². The van der Waals surface area contributed by atoms with Crippen LogP contribution in [0.1, 0.15) is 117 Å². The van der Waals surface area contributed by atoms with Crippen molar-refractivity contribution in [1.82, 2.24) is 15.0 Å². The van der Waals surface area contributed by atoms with Gasteiger partial charge >= 0.3 is 0 Å². The quantitative estimate of drug-likeness (QED) is 0.430. The van der Waals surface area contributed by atoms with Crippen LogP contribution in [0, 0.1) is 23.2 Å². The van der Waals surface area contributed by atoms with Crippen molar-refractivity contribution in [2.75, 3.05) is 0 Å². The van der Waals surface area contributed by atoms with Crippen molar-refractivity contribution >= 4 is 0 Å². The maximum absolute atomic E-state index is 4.79. The smallest absolute Gasteiger partial charge is 0.0859 e. The summed E-state index contributed by atoms with van der Waals surface area (Å²) in [5.74, 6) is 2.78. The number of hydrogen-bond acceptors (Lipinski definition) is 2. The molecule has 3 nitrogen and oxygen atoms in total. The molecule has 3 rings (SSSR count). The highest BCUT2D eigenvalue weighted by Crippen LogP contribution is 2.60.